The second-order valence-corrected chi connectivity index (χ2v) is 5.54. The Kier molecular flexibility index (Phi) is 27.0. The van der Waals surface area contributed by atoms with Gasteiger partial charge in [0.1, 0.15) is 5.75 Å². The number of ether oxygens (including phenoxy) is 2. The molecule has 0 spiro atoms. The van der Waals surface area contributed by atoms with Gasteiger partial charge in [-0.15, -0.1) is 4.89 Å². The molecule has 0 bridgehead atoms. The lowest BCUT2D eigenvalue weighted by Gasteiger charge is -2.31. The highest BCUT2D eigenvalue weighted by atomic mass is 17.2. The van der Waals surface area contributed by atoms with Crippen LogP contribution in [0.4, 0.5) is 0 Å². The van der Waals surface area contributed by atoms with Crippen molar-refractivity contribution in [2.75, 3.05) is 26.4 Å². The van der Waals surface area contributed by atoms with Crippen LogP contribution in [0, 0.1) is 20.8 Å². The zero-order valence-electron chi connectivity index (χ0n) is 19.2. The third-order valence-corrected chi connectivity index (χ3v) is 3.00. The number of para-hydroxylation sites is 1. The Morgan fingerprint density at radius 2 is 1.39 bits per heavy atom. The molecule has 1 unspecified atom stereocenters. The van der Waals surface area contributed by atoms with E-state index in [2.05, 4.69) is 33.9 Å². The van der Waals surface area contributed by atoms with Crippen LogP contribution in [0.3, 0.4) is 0 Å². The largest absolute Gasteiger partial charge is 0.455 e. The summed E-state index contributed by atoms with van der Waals surface area (Å²) in [5, 5.41) is 26.5. The summed E-state index contributed by atoms with van der Waals surface area (Å²) in [5.41, 5.74) is 0. The van der Waals surface area contributed by atoms with E-state index in [-0.39, 0.29) is 26.4 Å². The minimum Gasteiger partial charge on any atom is -0.455 e. The van der Waals surface area contributed by atoms with Crippen molar-refractivity contribution < 1.29 is 44.2 Å². The first-order valence-corrected chi connectivity index (χ1v) is 9.97. The Balaban J connectivity index is -0.000000860. The molecule has 0 saturated heterocycles. The quantitative estimate of drug-likeness (QED) is 0.159. The molecule has 0 aliphatic rings. The fraction of sp³-hybridized carbons (Fsp3) is 0.375. The van der Waals surface area contributed by atoms with Crippen molar-refractivity contribution in [2.24, 2.45) is 0 Å². The normalized spacial score (nSPS) is 10.8. The topological polar surface area (TPSA) is 131 Å². The lowest BCUT2D eigenvalue weighted by molar-refractivity contribution is -0.390. The SMILES string of the molecule is C=CC(=O)OCC(CCCC)(OOC(=O)C=C)Oc1ccccc1.[CH2]C[O].[CH2]C[O].[CH2]C[O]. The summed E-state index contributed by atoms with van der Waals surface area (Å²) in [6, 6.07) is 8.83. The van der Waals surface area contributed by atoms with Crippen LogP contribution in [0.15, 0.2) is 55.6 Å². The van der Waals surface area contributed by atoms with E-state index in [1.54, 1.807) is 24.3 Å². The Morgan fingerprint density at radius 3 is 1.82 bits per heavy atom. The van der Waals surface area contributed by atoms with E-state index in [1.165, 1.54) is 0 Å². The van der Waals surface area contributed by atoms with Gasteiger partial charge in [-0.25, -0.2) is 24.9 Å². The lowest BCUT2D eigenvalue weighted by atomic mass is 10.1. The number of esters is 1. The fourth-order valence-corrected chi connectivity index (χ4v) is 1.78. The molecule has 33 heavy (non-hydrogen) atoms. The lowest BCUT2D eigenvalue weighted by Crippen LogP contribution is -2.45. The van der Waals surface area contributed by atoms with Gasteiger partial charge in [0.05, 0.1) is 19.8 Å². The average molecular weight is 467 g/mol. The summed E-state index contributed by atoms with van der Waals surface area (Å²) >= 11 is 0. The van der Waals surface area contributed by atoms with Gasteiger partial charge in [-0.3, -0.25) is 4.89 Å². The number of carbonyl (C=O) groups excluding carboxylic acids is 2. The van der Waals surface area contributed by atoms with E-state index < -0.39 is 17.7 Å². The molecule has 1 aromatic rings. The predicted octanol–water partition coefficient (Wildman–Crippen LogP) is 4.09. The average Bonchev–Trinajstić information content (AvgIpc) is 2.81. The van der Waals surface area contributed by atoms with Crippen LogP contribution in [0.2, 0.25) is 0 Å². The van der Waals surface area contributed by atoms with Crippen molar-refractivity contribution >= 4 is 11.9 Å². The maximum atomic E-state index is 11.4. The standard InChI is InChI=1S/C18H22O6.3C2H4O/c1-4-7-13-18(14-21-16(19)5-2,24-23-17(20)6-3)22-15-11-9-8-10-12-15;3*1-2-3/h5-6,8-12H,2-4,7,13-14H2,1H3;3*1-2H2. The van der Waals surface area contributed by atoms with Crippen molar-refractivity contribution in [3.63, 3.8) is 0 Å². The first kappa shape index (κ1) is 34.9. The molecule has 1 aromatic carbocycles. The summed E-state index contributed by atoms with van der Waals surface area (Å²) in [6.45, 7) is 16.4. The van der Waals surface area contributed by atoms with Gasteiger partial charge < -0.3 is 9.47 Å². The molecule has 9 heteroatoms. The maximum Gasteiger partial charge on any atom is 0.365 e. The van der Waals surface area contributed by atoms with E-state index in [0.29, 0.717) is 18.6 Å². The van der Waals surface area contributed by atoms with Crippen molar-refractivity contribution in [2.45, 2.75) is 32.0 Å². The highest BCUT2D eigenvalue weighted by molar-refractivity contribution is 5.81. The summed E-state index contributed by atoms with van der Waals surface area (Å²) in [4.78, 5) is 32.7. The number of rotatable bonds is 11. The zero-order chi connectivity index (χ0) is 26.0. The molecule has 0 heterocycles. The van der Waals surface area contributed by atoms with Crippen LogP contribution in [0.25, 0.3) is 0 Å². The molecule has 0 fully saturated rings. The van der Waals surface area contributed by atoms with E-state index in [0.717, 1.165) is 18.6 Å². The highest BCUT2D eigenvalue weighted by Gasteiger charge is 2.38. The molecular formula is C24H34O9. The third kappa shape index (κ3) is 22.3. The number of benzene rings is 1. The Hall–Kier alpha value is -2.72. The zero-order valence-corrected chi connectivity index (χ0v) is 19.2. The minimum absolute atomic E-state index is 0.250. The van der Waals surface area contributed by atoms with Gasteiger partial charge in [-0.1, -0.05) is 44.7 Å². The summed E-state index contributed by atoms with van der Waals surface area (Å²) in [7, 11) is 0. The third-order valence-electron chi connectivity index (χ3n) is 3.00. The fourth-order valence-electron chi connectivity index (χ4n) is 1.78. The number of hydrogen-bond donors (Lipinski definition) is 0. The molecule has 6 radical (unpaired) electrons. The molecule has 0 saturated carbocycles. The minimum atomic E-state index is -1.46. The molecule has 0 aliphatic carbocycles. The predicted molar refractivity (Wildman–Crippen MR) is 121 cm³/mol. The summed E-state index contributed by atoms with van der Waals surface area (Å²) in [5.74, 6) is -2.39. The molecule has 9 nitrogen and oxygen atoms in total. The monoisotopic (exact) mass is 466 g/mol. The first-order valence-electron chi connectivity index (χ1n) is 9.97. The van der Waals surface area contributed by atoms with Crippen LogP contribution in [0.1, 0.15) is 26.2 Å². The molecule has 184 valence electrons. The highest BCUT2D eigenvalue weighted by Crippen LogP contribution is 2.26. The van der Waals surface area contributed by atoms with Gasteiger partial charge in [0.2, 0.25) is 0 Å². The van der Waals surface area contributed by atoms with Crippen LogP contribution in [0.5, 0.6) is 5.75 Å². The van der Waals surface area contributed by atoms with Crippen molar-refractivity contribution in [3.05, 3.63) is 76.4 Å². The van der Waals surface area contributed by atoms with Gasteiger partial charge in [0, 0.05) is 18.6 Å². The van der Waals surface area contributed by atoms with Crippen LogP contribution in [-0.4, -0.2) is 44.2 Å². The number of carbonyl (C=O) groups is 2. The van der Waals surface area contributed by atoms with Crippen molar-refractivity contribution in [1.82, 2.24) is 0 Å². The van der Waals surface area contributed by atoms with Crippen LogP contribution in [-0.2, 0) is 39.4 Å². The van der Waals surface area contributed by atoms with E-state index in [4.69, 9.17) is 34.6 Å². The van der Waals surface area contributed by atoms with Crippen molar-refractivity contribution in [3.8, 4) is 5.75 Å². The summed E-state index contributed by atoms with van der Waals surface area (Å²) in [6.07, 6.45) is 3.87. The van der Waals surface area contributed by atoms with Crippen molar-refractivity contribution in [1.29, 1.82) is 0 Å². The van der Waals surface area contributed by atoms with Gasteiger partial charge >= 0.3 is 11.9 Å². The maximum absolute atomic E-state index is 11.4. The Bertz CT molecular complexity index is 574. The van der Waals surface area contributed by atoms with Gasteiger partial charge in [-0.05, 0) is 39.3 Å². The van der Waals surface area contributed by atoms with E-state index >= 15 is 0 Å². The Morgan fingerprint density at radius 1 is 0.909 bits per heavy atom. The first-order chi connectivity index (χ1) is 15.8. The molecule has 0 N–H and O–H groups in total. The number of unbranched alkanes of at least 4 members (excludes halogenated alkanes) is 1. The molecule has 0 amide bonds. The molecule has 1 rings (SSSR count). The molecule has 0 aromatic heterocycles. The van der Waals surface area contributed by atoms with Gasteiger partial charge in [-0.2, -0.15) is 0 Å². The molecule has 1 atom stereocenters. The van der Waals surface area contributed by atoms with Crippen LogP contribution < -0.4 is 4.74 Å². The summed E-state index contributed by atoms with van der Waals surface area (Å²) < 4.78 is 10.9. The molecule has 0 aliphatic heterocycles. The molecular weight excluding hydrogens is 432 g/mol. The van der Waals surface area contributed by atoms with Gasteiger partial charge in [0.15, 0.2) is 6.61 Å². The Labute approximate surface area is 197 Å². The number of hydrogen-bond acceptors (Lipinski definition) is 6. The second kappa shape index (κ2) is 25.5. The van der Waals surface area contributed by atoms with E-state index in [9.17, 15) is 9.59 Å². The van der Waals surface area contributed by atoms with Crippen LogP contribution >= 0.6 is 0 Å². The smallest absolute Gasteiger partial charge is 0.365 e. The van der Waals surface area contributed by atoms with Gasteiger partial charge in [0.25, 0.3) is 5.79 Å². The second-order valence-electron chi connectivity index (χ2n) is 5.54. The van der Waals surface area contributed by atoms with E-state index in [1.807, 2.05) is 13.0 Å².